The molecule has 1 radical (unpaired) electrons. The standard InChI is InChI=1S/Ce.3K.2H3O4P/c;;;;2*1-5(2,3)4/h;;;;2*(H3,1,2,3,4)/q+3;3*+1;;/p-6. The zero-order valence-corrected chi connectivity index (χ0v) is 22.0. The average molecular weight is 447 g/mol. The minimum Gasteiger partial charge on any atom is -0.822 e. The van der Waals surface area contributed by atoms with Crippen LogP contribution in [0.4, 0.5) is 0 Å². The van der Waals surface area contributed by atoms with Gasteiger partial charge in [-0.1, -0.05) is 0 Å². The summed E-state index contributed by atoms with van der Waals surface area (Å²) in [6.45, 7) is 0. The van der Waals surface area contributed by atoms with Gasteiger partial charge in [0.15, 0.2) is 0 Å². The Morgan fingerprint density at radius 3 is 0.571 bits per heavy atom. The Bertz CT molecular complexity index is 135. The minimum atomic E-state index is -5.39. The first kappa shape index (κ1) is 37.1. The molecule has 14 heavy (non-hydrogen) atoms. The van der Waals surface area contributed by atoms with Gasteiger partial charge >= 0.3 is 196 Å². The van der Waals surface area contributed by atoms with Gasteiger partial charge in [0.1, 0.15) is 0 Å². The number of rotatable bonds is 0. The molecule has 0 aromatic heterocycles. The van der Waals surface area contributed by atoms with Crippen molar-refractivity contribution < 1.29 is 234 Å². The molecular weight excluding hydrogens is 447 g/mol. The summed E-state index contributed by atoms with van der Waals surface area (Å²) < 4.78 is 17.1. The number of hydrogen-bond donors (Lipinski definition) is 0. The smallest absolute Gasteiger partial charge is 0.822 e. The van der Waals surface area contributed by atoms with Crippen LogP contribution >= 0.6 is 15.6 Å². The molecule has 0 unspecified atom stereocenters. The predicted molar refractivity (Wildman–Crippen MR) is 15.2 cm³/mol. The van der Waals surface area contributed by atoms with E-state index in [1.165, 1.54) is 0 Å². The van der Waals surface area contributed by atoms with Crippen molar-refractivity contribution in [3.63, 3.8) is 0 Å². The Hall–Kier alpha value is 6.51. The molecule has 0 spiro atoms. The molecule has 0 heterocycles. The van der Waals surface area contributed by atoms with Gasteiger partial charge in [-0.2, -0.15) is 15.6 Å². The summed E-state index contributed by atoms with van der Waals surface area (Å²) in [6.07, 6.45) is 0. The quantitative estimate of drug-likeness (QED) is 0.260. The second kappa shape index (κ2) is 19.5. The normalized spacial score (nSPS) is 8.43. The summed E-state index contributed by atoms with van der Waals surface area (Å²) in [4.78, 5) is 51.3. The molecule has 0 aliphatic heterocycles. The third kappa shape index (κ3) is 134. The van der Waals surface area contributed by atoms with E-state index in [-0.39, 0.29) is 196 Å². The Labute approximate surface area is 242 Å². The monoisotopic (exact) mass is 447 g/mol. The van der Waals surface area contributed by atoms with Gasteiger partial charge in [0, 0.05) is 0 Å². The molecule has 0 saturated carbocycles. The zero-order valence-electron chi connectivity index (χ0n) is 7.66. The summed E-state index contributed by atoms with van der Waals surface area (Å²) in [5.41, 5.74) is 0. The van der Waals surface area contributed by atoms with Crippen LogP contribution in [0, 0.1) is 41.7 Å². The van der Waals surface area contributed by atoms with Gasteiger partial charge in [0.05, 0.1) is 0 Å². The fourth-order valence-electron chi connectivity index (χ4n) is 0. The van der Waals surface area contributed by atoms with Crippen molar-refractivity contribution >= 4 is 15.6 Å². The van der Waals surface area contributed by atoms with Gasteiger partial charge in [0.2, 0.25) is 0 Å². The van der Waals surface area contributed by atoms with E-state index in [9.17, 15) is 0 Å². The molecular formula is CeK3O8P2. The van der Waals surface area contributed by atoms with Crippen molar-refractivity contribution in [3.05, 3.63) is 0 Å². The van der Waals surface area contributed by atoms with E-state index >= 15 is 0 Å². The Kier molecular flexibility index (Phi) is 51.7. The Morgan fingerprint density at radius 1 is 0.571 bits per heavy atom. The van der Waals surface area contributed by atoms with Crippen LogP contribution in [-0.4, -0.2) is 0 Å². The second-order valence-corrected chi connectivity index (χ2v) is 2.68. The van der Waals surface area contributed by atoms with Crippen LogP contribution in [0.5, 0.6) is 0 Å². The zero-order chi connectivity index (χ0) is 9.00. The molecule has 8 nitrogen and oxygen atoms in total. The average Bonchev–Trinajstić information content (AvgIpc) is 1.12. The molecule has 0 fully saturated rings. The first-order chi connectivity index (χ1) is 4.00. The maximum atomic E-state index is 8.55. The predicted octanol–water partition coefficient (Wildman–Crippen LogP) is -14.6. The molecule has 0 N–H and O–H groups in total. The molecule has 0 aromatic carbocycles. The van der Waals surface area contributed by atoms with Crippen LogP contribution < -0.4 is 184 Å². The first-order valence-electron chi connectivity index (χ1n) is 1.46. The van der Waals surface area contributed by atoms with E-state index in [2.05, 4.69) is 0 Å². The van der Waals surface area contributed by atoms with E-state index in [1.807, 2.05) is 0 Å². The molecule has 0 aliphatic carbocycles. The van der Waals surface area contributed by atoms with Crippen molar-refractivity contribution in [2.75, 3.05) is 0 Å². The Balaban J connectivity index is -0.0000000178. The molecule has 14 heteroatoms. The summed E-state index contributed by atoms with van der Waals surface area (Å²) in [6, 6.07) is 0. The molecule has 0 aromatic rings. The third-order valence-electron chi connectivity index (χ3n) is 0. The van der Waals surface area contributed by atoms with Gasteiger partial charge in [-0.15, -0.1) is 0 Å². The fourth-order valence-corrected chi connectivity index (χ4v) is 0. The largest absolute Gasteiger partial charge is 3.00 e. The van der Waals surface area contributed by atoms with E-state index in [1.54, 1.807) is 0 Å². The summed E-state index contributed by atoms with van der Waals surface area (Å²) in [5, 5.41) is 0. The third-order valence-corrected chi connectivity index (χ3v) is 0. The summed E-state index contributed by atoms with van der Waals surface area (Å²) in [5.74, 6) is 0. The van der Waals surface area contributed by atoms with Gasteiger partial charge in [-0.05, 0) is 0 Å². The maximum Gasteiger partial charge on any atom is 3.00 e. The second-order valence-electron chi connectivity index (χ2n) is 0.894. The van der Waals surface area contributed by atoms with Gasteiger partial charge in [-0.3, -0.25) is 0 Å². The van der Waals surface area contributed by atoms with Crippen molar-refractivity contribution in [1.82, 2.24) is 0 Å². The minimum absolute atomic E-state index is 0. The van der Waals surface area contributed by atoms with Gasteiger partial charge in [-0.25, -0.2) is 0 Å². The molecule has 0 bridgehead atoms. The van der Waals surface area contributed by atoms with Gasteiger partial charge in [0.25, 0.3) is 0 Å². The van der Waals surface area contributed by atoms with Crippen LogP contribution in [-0.2, 0) is 9.13 Å². The van der Waals surface area contributed by atoms with Crippen LogP contribution in [0.25, 0.3) is 0 Å². The molecule has 65 valence electrons. The topological polar surface area (TPSA) is 172 Å². The SMILES string of the molecule is O=P([O-])([O-])[O-].O=P([O-])([O-])[O-].[Ce+3].[K+].[K+].[K+]. The number of hydrogen-bond acceptors (Lipinski definition) is 8. The van der Waals surface area contributed by atoms with Crippen molar-refractivity contribution in [1.29, 1.82) is 0 Å². The summed E-state index contributed by atoms with van der Waals surface area (Å²) in [7, 11) is -10.8. The van der Waals surface area contributed by atoms with E-state index in [0.29, 0.717) is 0 Å². The van der Waals surface area contributed by atoms with E-state index in [0.717, 1.165) is 0 Å². The number of phosphoric acid groups is 2. The van der Waals surface area contributed by atoms with Gasteiger partial charge < -0.3 is 38.5 Å². The van der Waals surface area contributed by atoms with Crippen LogP contribution in [0.1, 0.15) is 0 Å². The first-order valence-corrected chi connectivity index (χ1v) is 4.38. The van der Waals surface area contributed by atoms with Crippen molar-refractivity contribution in [3.8, 4) is 0 Å². The molecule has 0 atom stereocenters. The molecule has 0 saturated heterocycles. The summed E-state index contributed by atoms with van der Waals surface area (Å²) >= 11 is 0. The maximum absolute atomic E-state index is 8.55. The van der Waals surface area contributed by atoms with Crippen LogP contribution in [0.15, 0.2) is 0 Å². The van der Waals surface area contributed by atoms with E-state index < -0.39 is 15.6 Å². The van der Waals surface area contributed by atoms with E-state index in [4.69, 9.17) is 38.5 Å². The Morgan fingerprint density at radius 2 is 0.571 bits per heavy atom. The molecule has 0 amide bonds. The fraction of sp³-hybridized carbons (Fsp3) is 0. The van der Waals surface area contributed by atoms with Crippen LogP contribution in [0.3, 0.4) is 0 Å². The van der Waals surface area contributed by atoms with Crippen molar-refractivity contribution in [2.24, 2.45) is 0 Å². The molecule has 0 aliphatic rings. The molecule has 0 rings (SSSR count). The van der Waals surface area contributed by atoms with Crippen molar-refractivity contribution in [2.45, 2.75) is 0 Å². The van der Waals surface area contributed by atoms with Crippen LogP contribution in [0.2, 0.25) is 0 Å².